The molecule has 7 heteroatoms. The van der Waals surface area contributed by atoms with Crippen molar-refractivity contribution in [3.05, 3.63) is 83.6 Å². The van der Waals surface area contributed by atoms with Gasteiger partial charge in [0.15, 0.2) is 0 Å². The first-order valence-corrected chi connectivity index (χ1v) is 10.9. The van der Waals surface area contributed by atoms with Crippen molar-refractivity contribution in [2.45, 2.75) is 0 Å². The monoisotopic (exact) mass is 446 g/mol. The highest BCUT2D eigenvalue weighted by Gasteiger charge is 2.24. The third kappa shape index (κ3) is 3.78. The first-order chi connectivity index (χ1) is 15.6. The third-order valence-corrected chi connectivity index (χ3v) is 6.14. The molecule has 1 aliphatic heterocycles. The number of fused-ring (bicyclic) bond motifs is 1. The van der Waals surface area contributed by atoms with Crippen LogP contribution in [0.4, 0.5) is 5.69 Å². The number of anilines is 1. The van der Waals surface area contributed by atoms with Crippen molar-refractivity contribution < 1.29 is 9.53 Å². The number of hydrogen-bond acceptors (Lipinski definition) is 4. The minimum atomic E-state index is 0.0374. The van der Waals surface area contributed by atoms with Crippen molar-refractivity contribution in [2.24, 2.45) is 0 Å². The molecule has 6 nitrogen and oxygen atoms in total. The summed E-state index contributed by atoms with van der Waals surface area (Å²) in [6, 6.07) is 21.2. The summed E-state index contributed by atoms with van der Waals surface area (Å²) in [5.41, 5.74) is 4.42. The second kappa shape index (κ2) is 8.55. The molecule has 0 spiro atoms. The van der Waals surface area contributed by atoms with E-state index in [1.165, 1.54) is 0 Å². The molecule has 0 bridgehead atoms. The number of carbonyl (C=O) groups excluding carboxylic acids is 1. The predicted octanol–water partition coefficient (Wildman–Crippen LogP) is 4.65. The van der Waals surface area contributed by atoms with Crippen molar-refractivity contribution in [3.63, 3.8) is 0 Å². The number of rotatable bonds is 4. The third-order valence-electron chi connectivity index (χ3n) is 5.89. The highest BCUT2D eigenvalue weighted by molar-refractivity contribution is 6.30. The fourth-order valence-corrected chi connectivity index (χ4v) is 4.30. The van der Waals surface area contributed by atoms with Gasteiger partial charge in [0.05, 0.1) is 23.8 Å². The van der Waals surface area contributed by atoms with Crippen LogP contribution in [-0.4, -0.2) is 53.6 Å². The number of halogens is 1. The lowest BCUT2D eigenvalue weighted by Crippen LogP contribution is -2.48. The zero-order valence-corrected chi connectivity index (χ0v) is 18.5. The van der Waals surface area contributed by atoms with Crippen LogP contribution < -0.4 is 9.64 Å². The molecule has 1 aliphatic rings. The molecule has 32 heavy (non-hydrogen) atoms. The molecule has 0 N–H and O–H groups in total. The van der Waals surface area contributed by atoms with Gasteiger partial charge in [0.25, 0.3) is 5.91 Å². The zero-order chi connectivity index (χ0) is 22.1. The average molecular weight is 447 g/mol. The minimum Gasteiger partial charge on any atom is -0.495 e. The van der Waals surface area contributed by atoms with E-state index in [0.29, 0.717) is 23.7 Å². The fraction of sp³-hybridized carbons (Fsp3) is 0.200. The number of ether oxygens (including phenoxy) is 1. The van der Waals surface area contributed by atoms with Crippen LogP contribution in [0.15, 0.2) is 73.1 Å². The summed E-state index contributed by atoms with van der Waals surface area (Å²) in [6.07, 6.45) is 1.77. The number of benzene rings is 3. The number of carbonyl (C=O) groups is 1. The molecule has 2 heterocycles. The SMILES string of the molecule is COc1ccccc1N1CCN(C(=O)c2ccc3ncn(-c4ccc(Cl)cc4)c3c2)CC1. The zero-order valence-electron chi connectivity index (χ0n) is 17.7. The van der Waals surface area contributed by atoms with Gasteiger partial charge in [-0.1, -0.05) is 23.7 Å². The summed E-state index contributed by atoms with van der Waals surface area (Å²) >= 11 is 6.02. The number of para-hydroxylation sites is 2. The highest BCUT2D eigenvalue weighted by atomic mass is 35.5. The summed E-state index contributed by atoms with van der Waals surface area (Å²) in [7, 11) is 1.68. The molecule has 0 unspecified atom stereocenters. The van der Waals surface area contributed by atoms with Gasteiger partial charge in [-0.3, -0.25) is 9.36 Å². The maximum Gasteiger partial charge on any atom is 0.254 e. The van der Waals surface area contributed by atoms with Crippen molar-refractivity contribution in [1.82, 2.24) is 14.5 Å². The highest BCUT2D eigenvalue weighted by Crippen LogP contribution is 2.29. The second-order valence-electron chi connectivity index (χ2n) is 7.75. The largest absolute Gasteiger partial charge is 0.495 e. The van der Waals surface area contributed by atoms with E-state index in [1.54, 1.807) is 13.4 Å². The summed E-state index contributed by atoms with van der Waals surface area (Å²) in [4.78, 5) is 21.9. The van der Waals surface area contributed by atoms with Gasteiger partial charge in [0, 0.05) is 42.5 Å². The van der Waals surface area contributed by atoms with E-state index in [1.807, 2.05) is 70.1 Å². The van der Waals surface area contributed by atoms with E-state index < -0.39 is 0 Å². The van der Waals surface area contributed by atoms with E-state index in [4.69, 9.17) is 16.3 Å². The Labute approximate surface area is 191 Å². The van der Waals surface area contributed by atoms with Gasteiger partial charge in [-0.05, 0) is 54.6 Å². The number of nitrogens with zero attached hydrogens (tertiary/aromatic N) is 4. The topological polar surface area (TPSA) is 50.6 Å². The van der Waals surface area contributed by atoms with Gasteiger partial charge in [0.1, 0.15) is 12.1 Å². The summed E-state index contributed by atoms with van der Waals surface area (Å²) in [5.74, 6) is 0.892. The molecule has 1 saturated heterocycles. The molecule has 0 radical (unpaired) electrons. The van der Waals surface area contributed by atoms with Gasteiger partial charge in [-0.15, -0.1) is 0 Å². The molecule has 4 aromatic rings. The minimum absolute atomic E-state index is 0.0374. The van der Waals surface area contributed by atoms with Crippen molar-refractivity contribution in [1.29, 1.82) is 0 Å². The Morgan fingerprint density at radius 2 is 1.72 bits per heavy atom. The van der Waals surface area contributed by atoms with Crippen LogP contribution >= 0.6 is 11.6 Å². The maximum absolute atomic E-state index is 13.3. The Kier molecular flexibility index (Phi) is 5.45. The van der Waals surface area contributed by atoms with Gasteiger partial charge >= 0.3 is 0 Å². The van der Waals surface area contributed by atoms with Gasteiger partial charge in [-0.2, -0.15) is 0 Å². The number of piperazine rings is 1. The smallest absolute Gasteiger partial charge is 0.254 e. The molecule has 1 fully saturated rings. The van der Waals surface area contributed by atoms with E-state index in [-0.39, 0.29) is 5.91 Å². The lowest BCUT2D eigenvalue weighted by molar-refractivity contribution is 0.0747. The number of aromatic nitrogens is 2. The quantitative estimate of drug-likeness (QED) is 0.458. The van der Waals surface area contributed by atoms with Crippen LogP contribution in [0.3, 0.4) is 0 Å². The van der Waals surface area contributed by atoms with Crippen molar-refractivity contribution in [2.75, 3.05) is 38.2 Å². The summed E-state index contributed by atoms with van der Waals surface area (Å²) in [5, 5.41) is 0.682. The molecule has 0 saturated carbocycles. The van der Waals surface area contributed by atoms with E-state index in [0.717, 1.165) is 41.2 Å². The standard InChI is InChI=1S/C25H23ClN4O2/c1-32-24-5-3-2-4-22(24)28-12-14-29(15-13-28)25(31)18-6-11-21-23(16-18)30(17-27-21)20-9-7-19(26)8-10-20/h2-11,16-17H,12-15H2,1H3. The Morgan fingerprint density at radius 3 is 2.47 bits per heavy atom. The van der Waals surface area contributed by atoms with Crippen LogP contribution in [0, 0.1) is 0 Å². The van der Waals surface area contributed by atoms with Crippen molar-refractivity contribution >= 4 is 34.2 Å². The average Bonchev–Trinajstić information content (AvgIpc) is 3.27. The molecule has 1 aromatic heterocycles. The summed E-state index contributed by atoms with van der Waals surface area (Å²) in [6.45, 7) is 2.84. The molecular formula is C25H23ClN4O2. The Morgan fingerprint density at radius 1 is 0.969 bits per heavy atom. The molecule has 1 amide bonds. The fourth-order valence-electron chi connectivity index (χ4n) is 4.17. The number of methoxy groups -OCH3 is 1. The van der Waals surface area contributed by atoms with Crippen LogP contribution in [-0.2, 0) is 0 Å². The van der Waals surface area contributed by atoms with Crippen LogP contribution in [0.1, 0.15) is 10.4 Å². The molecule has 0 atom stereocenters. The predicted molar refractivity (Wildman–Crippen MR) is 127 cm³/mol. The first kappa shape index (κ1) is 20.4. The molecule has 3 aromatic carbocycles. The van der Waals surface area contributed by atoms with E-state index in [9.17, 15) is 4.79 Å². The number of hydrogen-bond donors (Lipinski definition) is 0. The number of amides is 1. The van der Waals surface area contributed by atoms with Crippen LogP contribution in [0.5, 0.6) is 5.75 Å². The molecule has 0 aliphatic carbocycles. The maximum atomic E-state index is 13.3. The Hall–Kier alpha value is -3.51. The van der Waals surface area contributed by atoms with Crippen molar-refractivity contribution in [3.8, 4) is 11.4 Å². The summed E-state index contributed by atoms with van der Waals surface area (Å²) < 4.78 is 7.47. The van der Waals surface area contributed by atoms with Gasteiger partial charge in [0.2, 0.25) is 0 Å². The lowest BCUT2D eigenvalue weighted by Gasteiger charge is -2.36. The lowest BCUT2D eigenvalue weighted by atomic mass is 10.1. The first-order valence-electron chi connectivity index (χ1n) is 10.5. The normalized spacial score (nSPS) is 14.1. The second-order valence-corrected chi connectivity index (χ2v) is 8.18. The molecule has 5 rings (SSSR count). The van der Waals surface area contributed by atoms with E-state index in [2.05, 4.69) is 16.0 Å². The van der Waals surface area contributed by atoms with Crippen LogP contribution in [0.2, 0.25) is 5.02 Å². The van der Waals surface area contributed by atoms with Crippen LogP contribution in [0.25, 0.3) is 16.7 Å². The number of imidazole rings is 1. The van der Waals surface area contributed by atoms with Gasteiger partial charge in [-0.25, -0.2) is 4.98 Å². The molecule has 162 valence electrons. The Bertz CT molecular complexity index is 1260. The van der Waals surface area contributed by atoms with E-state index >= 15 is 0 Å². The van der Waals surface area contributed by atoms with Gasteiger partial charge < -0.3 is 14.5 Å². The molecular weight excluding hydrogens is 424 g/mol. The Balaban J connectivity index is 1.35.